The van der Waals surface area contributed by atoms with Crippen LogP contribution in [0.25, 0.3) is 0 Å². The highest BCUT2D eigenvalue weighted by Crippen LogP contribution is 2.06. The molecular formula is C22H32N4+2. The van der Waals surface area contributed by atoms with Crippen LogP contribution >= 0.6 is 0 Å². The van der Waals surface area contributed by atoms with E-state index in [2.05, 4.69) is 95.0 Å². The average Bonchev–Trinajstić information content (AvgIpc) is 3.15. The Morgan fingerprint density at radius 2 is 1.08 bits per heavy atom. The summed E-state index contributed by atoms with van der Waals surface area (Å²) in [6, 6.07) is 9.05. The van der Waals surface area contributed by atoms with Gasteiger partial charge in [0.05, 0.1) is 13.1 Å². The molecule has 0 radical (unpaired) electrons. The van der Waals surface area contributed by atoms with Crippen molar-refractivity contribution in [2.45, 2.75) is 66.7 Å². The molecule has 138 valence electrons. The third-order valence-electron chi connectivity index (χ3n) is 5.17. The number of aromatic nitrogens is 4. The molecule has 1 aromatic carbocycles. The van der Waals surface area contributed by atoms with Crippen molar-refractivity contribution in [1.29, 1.82) is 0 Å². The number of nitrogens with zero attached hydrogens (tertiary/aromatic N) is 4. The molecule has 4 heteroatoms. The van der Waals surface area contributed by atoms with Crippen LogP contribution in [-0.2, 0) is 26.2 Å². The van der Waals surface area contributed by atoms with Gasteiger partial charge in [0.1, 0.15) is 37.9 Å². The maximum atomic E-state index is 2.33. The smallest absolute Gasteiger partial charge is 0.234 e. The maximum Gasteiger partial charge on any atom is 0.253 e. The molecule has 0 spiro atoms. The summed E-state index contributed by atoms with van der Waals surface area (Å²) in [5.74, 6) is 2.64. The summed E-state index contributed by atoms with van der Waals surface area (Å²) in [6.45, 7) is 12.9. The molecule has 0 aliphatic carbocycles. The maximum absolute atomic E-state index is 2.33. The van der Waals surface area contributed by atoms with Crippen LogP contribution in [0.15, 0.2) is 49.1 Å². The lowest BCUT2D eigenvalue weighted by Gasteiger charge is -2.04. The van der Waals surface area contributed by atoms with E-state index in [9.17, 15) is 0 Å². The van der Waals surface area contributed by atoms with Gasteiger partial charge in [-0.2, -0.15) is 0 Å². The fraction of sp³-hybridized carbons (Fsp3) is 0.455. The fourth-order valence-corrected chi connectivity index (χ4v) is 3.52. The van der Waals surface area contributed by atoms with Gasteiger partial charge in [-0.05, 0) is 24.0 Å². The van der Waals surface area contributed by atoms with Crippen LogP contribution < -0.4 is 9.13 Å². The van der Waals surface area contributed by atoms with Crippen LogP contribution in [-0.4, -0.2) is 9.13 Å². The number of rotatable bonds is 8. The number of imidazole rings is 2. The first-order valence-corrected chi connectivity index (χ1v) is 9.80. The molecule has 0 unspecified atom stereocenters. The normalized spacial score (nSPS) is 11.2. The van der Waals surface area contributed by atoms with E-state index in [1.165, 1.54) is 35.6 Å². The van der Waals surface area contributed by atoms with E-state index in [4.69, 9.17) is 0 Å². The van der Waals surface area contributed by atoms with Crippen molar-refractivity contribution in [1.82, 2.24) is 9.13 Å². The van der Waals surface area contributed by atoms with Gasteiger partial charge in [0, 0.05) is 13.8 Å². The number of hydrogen-bond donors (Lipinski definition) is 0. The molecule has 0 saturated heterocycles. The topological polar surface area (TPSA) is 17.6 Å². The van der Waals surface area contributed by atoms with Crippen molar-refractivity contribution in [3.05, 3.63) is 71.8 Å². The molecule has 0 bridgehead atoms. The van der Waals surface area contributed by atoms with Gasteiger partial charge < -0.3 is 0 Å². The van der Waals surface area contributed by atoms with Crippen LogP contribution in [0.1, 0.15) is 49.5 Å². The molecule has 3 rings (SSSR count). The molecule has 2 aromatic heterocycles. The van der Waals surface area contributed by atoms with E-state index >= 15 is 0 Å². The molecule has 2 heterocycles. The SMILES string of the molecule is CCCn1cc[n+](Cc2ccc(C[n+]3ccn(CCC)c3C)cc2)c1C. The third-order valence-corrected chi connectivity index (χ3v) is 5.17. The molecule has 0 fully saturated rings. The number of aryl methyl sites for hydroxylation is 2. The second-order valence-electron chi connectivity index (χ2n) is 7.15. The quantitative estimate of drug-likeness (QED) is 0.553. The van der Waals surface area contributed by atoms with Gasteiger partial charge in [-0.1, -0.05) is 38.1 Å². The Labute approximate surface area is 157 Å². The van der Waals surface area contributed by atoms with Gasteiger partial charge in [0.25, 0.3) is 11.6 Å². The third kappa shape index (κ3) is 4.06. The molecule has 0 atom stereocenters. The minimum absolute atomic E-state index is 0.932. The zero-order chi connectivity index (χ0) is 18.5. The lowest BCUT2D eigenvalue weighted by molar-refractivity contribution is -0.694. The summed E-state index contributed by atoms with van der Waals surface area (Å²) < 4.78 is 9.31. The van der Waals surface area contributed by atoms with Gasteiger partial charge in [-0.25, -0.2) is 18.3 Å². The van der Waals surface area contributed by atoms with Gasteiger partial charge in [-0.3, -0.25) is 0 Å². The zero-order valence-electron chi connectivity index (χ0n) is 16.7. The Bertz CT molecular complexity index is 768. The van der Waals surface area contributed by atoms with Gasteiger partial charge in [0.2, 0.25) is 0 Å². The predicted molar refractivity (Wildman–Crippen MR) is 104 cm³/mol. The van der Waals surface area contributed by atoms with Crippen molar-refractivity contribution in [3.8, 4) is 0 Å². The molecule has 0 N–H and O–H groups in total. The average molecular weight is 353 g/mol. The summed E-state index contributed by atoms with van der Waals surface area (Å²) in [6.07, 6.45) is 11.1. The predicted octanol–water partition coefficient (Wildman–Crippen LogP) is 3.40. The van der Waals surface area contributed by atoms with E-state index in [1.54, 1.807) is 0 Å². The largest absolute Gasteiger partial charge is 0.253 e. The first-order chi connectivity index (χ1) is 12.6. The summed E-state index contributed by atoms with van der Waals surface area (Å²) >= 11 is 0. The first kappa shape index (κ1) is 18.4. The van der Waals surface area contributed by atoms with Crippen LogP contribution in [0.2, 0.25) is 0 Å². The summed E-state index contributed by atoms with van der Waals surface area (Å²) in [5.41, 5.74) is 2.70. The van der Waals surface area contributed by atoms with Crippen LogP contribution in [0.3, 0.4) is 0 Å². The molecule has 0 aliphatic rings. The highest BCUT2D eigenvalue weighted by Gasteiger charge is 2.13. The molecule has 0 saturated carbocycles. The summed E-state index contributed by atoms with van der Waals surface area (Å²) in [4.78, 5) is 0. The lowest BCUT2D eigenvalue weighted by Crippen LogP contribution is -2.36. The lowest BCUT2D eigenvalue weighted by atomic mass is 10.1. The van der Waals surface area contributed by atoms with E-state index in [-0.39, 0.29) is 0 Å². The summed E-state index contributed by atoms with van der Waals surface area (Å²) in [5, 5.41) is 0. The van der Waals surface area contributed by atoms with Crippen LogP contribution in [0.5, 0.6) is 0 Å². The van der Waals surface area contributed by atoms with Crippen molar-refractivity contribution >= 4 is 0 Å². The second kappa shape index (κ2) is 8.35. The zero-order valence-corrected chi connectivity index (χ0v) is 16.7. The van der Waals surface area contributed by atoms with Crippen molar-refractivity contribution in [2.24, 2.45) is 0 Å². The van der Waals surface area contributed by atoms with Crippen LogP contribution in [0.4, 0.5) is 0 Å². The van der Waals surface area contributed by atoms with E-state index in [0.29, 0.717) is 0 Å². The Hall–Kier alpha value is -2.36. The van der Waals surface area contributed by atoms with E-state index < -0.39 is 0 Å². The van der Waals surface area contributed by atoms with E-state index in [1.807, 2.05) is 0 Å². The summed E-state index contributed by atoms with van der Waals surface area (Å²) in [7, 11) is 0. The van der Waals surface area contributed by atoms with Crippen molar-refractivity contribution < 1.29 is 9.13 Å². The standard InChI is InChI=1S/C22H32N4/c1-5-11-23-13-15-25(19(23)3)17-21-7-9-22(10-8-21)18-26-16-14-24(12-6-2)20(26)4/h7-10,13-16H,5-6,11-12,17-18H2,1-4H3/q+2. The Balaban J connectivity index is 1.67. The molecule has 26 heavy (non-hydrogen) atoms. The van der Waals surface area contributed by atoms with E-state index in [0.717, 1.165) is 26.2 Å². The second-order valence-corrected chi connectivity index (χ2v) is 7.15. The fourth-order valence-electron chi connectivity index (χ4n) is 3.52. The van der Waals surface area contributed by atoms with Gasteiger partial charge >= 0.3 is 0 Å². The van der Waals surface area contributed by atoms with Gasteiger partial charge in [0.15, 0.2) is 0 Å². The van der Waals surface area contributed by atoms with Crippen molar-refractivity contribution in [3.63, 3.8) is 0 Å². The Morgan fingerprint density at radius 3 is 1.42 bits per heavy atom. The number of benzene rings is 1. The monoisotopic (exact) mass is 352 g/mol. The minimum atomic E-state index is 0.932. The molecular weight excluding hydrogens is 320 g/mol. The molecule has 0 amide bonds. The highest BCUT2D eigenvalue weighted by atomic mass is 15.1. The Morgan fingerprint density at radius 1 is 0.692 bits per heavy atom. The van der Waals surface area contributed by atoms with Gasteiger partial charge in [-0.15, -0.1) is 0 Å². The van der Waals surface area contributed by atoms with Crippen LogP contribution in [0, 0.1) is 13.8 Å². The number of hydrogen-bond acceptors (Lipinski definition) is 0. The Kier molecular flexibility index (Phi) is 5.92. The molecule has 4 nitrogen and oxygen atoms in total. The molecule has 3 aromatic rings. The van der Waals surface area contributed by atoms with Crippen molar-refractivity contribution in [2.75, 3.05) is 0 Å². The first-order valence-electron chi connectivity index (χ1n) is 9.80. The highest BCUT2D eigenvalue weighted by molar-refractivity contribution is 5.21. The molecule has 0 aliphatic heterocycles. The minimum Gasteiger partial charge on any atom is -0.234 e.